The van der Waals surface area contributed by atoms with Crippen LogP contribution >= 0.6 is 0 Å². The summed E-state index contributed by atoms with van der Waals surface area (Å²) in [5, 5.41) is 16.3. The van der Waals surface area contributed by atoms with Gasteiger partial charge in [0.1, 0.15) is 18.2 Å². The van der Waals surface area contributed by atoms with Gasteiger partial charge in [0, 0.05) is 51.2 Å². The van der Waals surface area contributed by atoms with Crippen LogP contribution < -0.4 is 10.2 Å². The van der Waals surface area contributed by atoms with Crippen molar-refractivity contribution in [3.05, 3.63) is 42.4 Å². The number of nitrogens with zero attached hydrogens (tertiary/aromatic N) is 8. The van der Waals surface area contributed by atoms with Gasteiger partial charge in [-0.3, -0.25) is 4.68 Å². The van der Waals surface area contributed by atoms with Gasteiger partial charge in [-0.2, -0.15) is 10.1 Å². The van der Waals surface area contributed by atoms with E-state index in [4.69, 9.17) is 0 Å². The molecule has 0 aromatic carbocycles. The summed E-state index contributed by atoms with van der Waals surface area (Å²) in [6.07, 6.45) is 7.58. The van der Waals surface area contributed by atoms with Crippen molar-refractivity contribution in [1.82, 2.24) is 34.5 Å². The Labute approximate surface area is 158 Å². The van der Waals surface area contributed by atoms with E-state index in [2.05, 4.69) is 47.0 Å². The van der Waals surface area contributed by atoms with Gasteiger partial charge in [-0.15, -0.1) is 10.2 Å². The molecule has 1 aliphatic heterocycles. The number of anilines is 2. The second kappa shape index (κ2) is 7.73. The van der Waals surface area contributed by atoms with Crippen LogP contribution in [-0.2, 0) is 13.1 Å². The zero-order chi connectivity index (χ0) is 18.6. The lowest BCUT2D eigenvalue weighted by atomic mass is 9.96. The van der Waals surface area contributed by atoms with Crippen LogP contribution in [0.1, 0.15) is 37.3 Å². The van der Waals surface area contributed by atoms with Crippen molar-refractivity contribution in [2.24, 2.45) is 0 Å². The maximum Gasteiger partial charge on any atom is 0.227 e. The average molecular weight is 367 g/mol. The molecule has 1 fully saturated rings. The van der Waals surface area contributed by atoms with E-state index in [1.807, 2.05) is 30.1 Å². The molecule has 27 heavy (non-hydrogen) atoms. The molecule has 0 radical (unpaired) electrons. The minimum atomic E-state index is 0.410. The summed E-state index contributed by atoms with van der Waals surface area (Å²) >= 11 is 0. The Morgan fingerprint density at radius 3 is 2.74 bits per heavy atom. The van der Waals surface area contributed by atoms with E-state index in [9.17, 15) is 0 Å². The molecule has 0 saturated carbocycles. The van der Waals surface area contributed by atoms with Crippen molar-refractivity contribution in [2.45, 2.75) is 38.8 Å². The third kappa shape index (κ3) is 3.62. The van der Waals surface area contributed by atoms with Gasteiger partial charge in [0.25, 0.3) is 0 Å². The van der Waals surface area contributed by atoms with Gasteiger partial charge in [-0.25, -0.2) is 4.98 Å². The van der Waals surface area contributed by atoms with Gasteiger partial charge < -0.3 is 14.8 Å². The molecule has 4 heterocycles. The van der Waals surface area contributed by atoms with E-state index in [0.29, 0.717) is 12.5 Å². The predicted molar refractivity (Wildman–Crippen MR) is 103 cm³/mol. The molecule has 0 aliphatic carbocycles. The molecule has 1 aliphatic rings. The van der Waals surface area contributed by atoms with Crippen LogP contribution in [0.4, 0.5) is 11.8 Å². The van der Waals surface area contributed by atoms with Crippen molar-refractivity contribution in [3.63, 3.8) is 0 Å². The van der Waals surface area contributed by atoms with E-state index in [0.717, 1.165) is 55.9 Å². The first-order valence-electron chi connectivity index (χ1n) is 9.43. The molecule has 0 unspecified atom stereocenters. The van der Waals surface area contributed by atoms with Gasteiger partial charge in [0.2, 0.25) is 5.95 Å². The van der Waals surface area contributed by atoms with Crippen molar-refractivity contribution in [2.75, 3.05) is 30.4 Å². The summed E-state index contributed by atoms with van der Waals surface area (Å²) < 4.78 is 4.12. The van der Waals surface area contributed by atoms with Crippen molar-refractivity contribution < 1.29 is 0 Å². The Morgan fingerprint density at radius 2 is 2.04 bits per heavy atom. The van der Waals surface area contributed by atoms with E-state index >= 15 is 0 Å². The van der Waals surface area contributed by atoms with E-state index < -0.39 is 0 Å². The molecule has 142 valence electrons. The Hall–Kier alpha value is -2.97. The maximum absolute atomic E-state index is 4.55. The number of rotatable bonds is 6. The van der Waals surface area contributed by atoms with Crippen molar-refractivity contribution in [3.8, 4) is 0 Å². The van der Waals surface area contributed by atoms with Crippen LogP contribution in [0.3, 0.4) is 0 Å². The normalized spacial score (nSPS) is 15.3. The first kappa shape index (κ1) is 17.4. The molecule has 9 heteroatoms. The predicted octanol–water partition coefficient (Wildman–Crippen LogP) is 1.76. The van der Waals surface area contributed by atoms with Gasteiger partial charge in [-0.1, -0.05) is 0 Å². The summed E-state index contributed by atoms with van der Waals surface area (Å²) in [5.74, 6) is 4.09. The number of piperidine rings is 1. The molecule has 0 atom stereocenters. The Morgan fingerprint density at radius 1 is 1.19 bits per heavy atom. The molecule has 4 rings (SSSR count). The molecule has 3 aromatic rings. The minimum Gasteiger partial charge on any atom is -0.373 e. The highest BCUT2D eigenvalue weighted by Gasteiger charge is 2.27. The van der Waals surface area contributed by atoms with Crippen molar-refractivity contribution in [1.29, 1.82) is 0 Å². The number of hydrogen-bond acceptors (Lipinski definition) is 7. The van der Waals surface area contributed by atoms with E-state index in [1.165, 1.54) is 0 Å². The van der Waals surface area contributed by atoms with Crippen LogP contribution in [-0.4, -0.2) is 54.7 Å². The second-order valence-electron chi connectivity index (χ2n) is 6.68. The Kier molecular flexibility index (Phi) is 4.99. The molecule has 0 spiro atoms. The second-order valence-corrected chi connectivity index (χ2v) is 6.68. The summed E-state index contributed by atoms with van der Waals surface area (Å²) in [5.41, 5.74) is 0. The van der Waals surface area contributed by atoms with Crippen molar-refractivity contribution >= 4 is 11.8 Å². The lowest BCUT2D eigenvalue weighted by Gasteiger charge is -2.31. The quantitative estimate of drug-likeness (QED) is 0.710. The molecule has 0 bridgehead atoms. The molecular weight excluding hydrogens is 342 g/mol. The zero-order valence-corrected chi connectivity index (χ0v) is 15.8. The fourth-order valence-electron chi connectivity index (χ4n) is 3.63. The van der Waals surface area contributed by atoms with Gasteiger partial charge >= 0.3 is 0 Å². The topological polar surface area (TPSA) is 89.6 Å². The monoisotopic (exact) mass is 367 g/mol. The van der Waals surface area contributed by atoms with Gasteiger partial charge in [-0.05, 0) is 31.9 Å². The Bertz CT molecular complexity index is 863. The zero-order valence-electron chi connectivity index (χ0n) is 15.8. The summed E-state index contributed by atoms with van der Waals surface area (Å²) in [4.78, 5) is 11.2. The lowest BCUT2D eigenvalue weighted by molar-refractivity contribution is 0.459. The fraction of sp³-hybridized carbons (Fsp3) is 0.500. The number of nitrogens with one attached hydrogen (secondary N) is 1. The van der Waals surface area contributed by atoms with Crippen LogP contribution in [0, 0.1) is 0 Å². The highest BCUT2D eigenvalue weighted by Crippen LogP contribution is 2.29. The molecule has 1 saturated heterocycles. The highest BCUT2D eigenvalue weighted by atomic mass is 15.3. The standard InChI is InChI=1S/C18H25N9/c1-3-27-16(13-26-10-4-8-21-26)23-24-17(27)14-6-11-25(12-7-14)18-20-9-5-15(19-2)22-18/h4-5,8-10,14H,3,6-7,11-13H2,1-2H3,(H,19,20,22). The number of hydrogen-bond donors (Lipinski definition) is 1. The first-order valence-corrected chi connectivity index (χ1v) is 9.43. The highest BCUT2D eigenvalue weighted by molar-refractivity contribution is 5.41. The average Bonchev–Trinajstić information content (AvgIpc) is 3.38. The molecular formula is C18H25N9. The SMILES string of the molecule is CCn1c(Cn2cccn2)nnc1C1CCN(c2nccc(NC)n2)CC1. The van der Waals surface area contributed by atoms with Crippen LogP contribution in [0.2, 0.25) is 0 Å². The maximum atomic E-state index is 4.55. The third-order valence-electron chi connectivity index (χ3n) is 5.08. The summed E-state index contributed by atoms with van der Waals surface area (Å²) in [7, 11) is 1.87. The molecule has 0 amide bonds. The fourth-order valence-corrected chi connectivity index (χ4v) is 3.63. The van der Waals surface area contributed by atoms with Crippen LogP contribution in [0.5, 0.6) is 0 Å². The van der Waals surface area contributed by atoms with Crippen LogP contribution in [0.25, 0.3) is 0 Å². The van der Waals surface area contributed by atoms with E-state index in [1.54, 1.807) is 12.4 Å². The van der Waals surface area contributed by atoms with Crippen LogP contribution in [0.15, 0.2) is 30.7 Å². The summed E-state index contributed by atoms with van der Waals surface area (Å²) in [6.45, 7) is 5.50. The first-order chi connectivity index (χ1) is 13.3. The minimum absolute atomic E-state index is 0.410. The smallest absolute Gasteiger partial charge is 0.227 e. The third-order valence-corrected chi connectivity index (χ3v) is 5.08. The largest absolute Gasteiger partial charge is 0.373 e. The molecule has 1 N–H and O–H groups in total. The van der Waals surface area contributed by atoms with E-state index in [-0.39, 0.29) is 0 Å². The molecule has 9 nitrogen and oxygen atoms in total. The molecule has 3 aromatic heterocycles. The number of aromatic nitrogens is 7. The Balaban J connectivity index is 1.45. The lowest BCUT2D eigenvalue weighted by Crippen LogP contribution is -2.35. The van der Waals surface area contributed by atoms with Gasteiger partial charge in [0.15, 0.2) is 5.82 Å². The van der Waals surface area contributed by atoms with Gasteiger partial charge in [0.05, 0.1) is 0 Å². The summed E-state index contributed by atoms with van der Waals surface area (Å²) in [6, 6.07) is 3.80.